The van der Waals surface area contributed by atoms with Crippen molar-refractivity contribution in [2.75, 3.05) is 20.8 Å². The minimum absolute atomic E-state index is 0.0680. The fourth-order valence-electron chi connectivity index (χ4n) is 4.67. The quantitative estimate of drug-likeness (QED) is 0.304. The molecule has 0 spiro atoms. The Kier molecular flexibility index (Phi) is 8.17. The summed E-state index contributed by atoms with van der Waals surface area (Å²) in [4.78, 5) is 0. The van der Waals surface area contributed by atoms with E-state index in [1.807, 2.05) is 80.6 Å². The van der Waals surface area contributed by atoms with Gasteiger partial charge in [0.1, 0.15) is 31.1 Å². The maximum Gasteiger partial charge on any atom is 0.143 e. The molecule has 1 unspecified atom stereocenters. The summed E-state index contributed by atoms with van der Waals surface area (Å²) in [5.74, 6) is 1.56. The molecule has 0 N–H and O–H groups in total. The predicted molar refractivity (Wildman–Crippen MR) is 137 cm³/mol. The molecule has 5 nitrogen and oxygen atoms in total. The first-order valence-corrected chi connectivity index (χ1v) is 12.0. The molecule has 6 heteroatoms. The number of benzene rings is 3. The highest BCUT2D eigenvalue weighted by Crippen LogP contribution is 2.42. The number of hydrogen-bond acceptors (Lipinski definition) is 5. The van der Waals surface area contributed by atoms with Crippen molar-refractivity contribution in [2.45, 2.75) is 50.2 Å². The van der Waals surface area contributed by atoms with Gasteiger partial charge in [0.05, 0.1) is 33.0 Å². The molecule has 0 saturated carbocycles. The Balaban J connectivity index is 1.80. The van der Waals surface area contributed by atoms with Gasteiger partial charge in [-0.1, -0.05) is 54.6 Å². The molecule has 3 aromatic rings. The lowest BCUT2D eigenvalue weighted by Crippen LogP contribution is -2.39. The molecule has 1 aliphatic rings. The third kappa shape index (κ3) is 5.56. The molecular formula is C29H33BO5. The van der Waals surface area contributed by atoms with Crippen LogP contribution in [0.1, 0.15) is 37.0 Å². The van der Waals surface area contributed by atoms with Crippen LogP contribution in [-0.4, -0.2) is 53.0 Å². The maximum absolute atomic E-state index is 6.94. The molecule has 1 fully saturated rings. The standard InChI is InChI=1S/C29H33BO5/c1-20(2)34-26-18-28(30)35-27(26)19-33-29(21-8-6-5-7-9-21,22-10-14-24(31-3)15-11-22)23-12-16-25(32-4)17-13-23/h5-17,20,26-28H,18-19H2,1-4H3/t26?,27-,28-/m1/s1. The number of methoxy groups -OCH3 is 2. The molecule has 1 aliphatic heterocycles. The van der Waals surface area contributed by atoms with Crippen LogP contribution in [0.2, 0.25) is 0 Å². The Bertz CT molecular complexity index is 1010. The summed E-state index contributed by atoms with van der Waals surface area (Å²) in [5.41, 5.74) is 2.04. The minimum atomic E-state index is -0.905. The first kappa shape index (κ1) is 25.3. The lowest BCUT2D eigenvalue weighted by Gasteiger charge is -2.37. The van der Waals surface area contributed by atoms with Gasteiger partial charge in [0, 0.05) is 6.00 Å². The summed E-state index contributed by atoms with van der Waals surface area (Å²) in [5, 5.41) is 0. The third-order valence-corrected chi connectivity index (χ3v) is 6.31. The molecule has 35 heavy (non-hydrogen) atoms. The Morgan fingerprint density at radius 3 is 1.83 bits per heavy atom. The highest BCUT2D eigenvalue weighted by atomic mass is 16.6. The van der Waals surface area contributed by atoms with Crippen molar-refractivity contribution in [3.05, 3.63) is 95.6 Å². The van der Waals surface area contributed by atoms with Crippen LogP contribution >= 0.6 is 0 Å². The zero-order chi connectivity index (χ0) is 24.8. The fourth-order valence-corrected chi connectivity index (χ4v) is 4.67. The van der Waals surface area contributed by atoms with Crippen molar-refractivity contribution in [3.63, 3.8) is 0 Å². The molecule has 1 saturated heterocycles. The maximum atomic E-state index is 6.94. The van der Waals surface area contributed by atoms with Crippen LogP contribution in [0.4, 0.5) is 0 Å². The normalized spacial score (nSPS) is 20.2. The number of ether oxygens (including phenoxy) is 5. The topological polar surface area (TPSA) is 46.2 Å². The van der Waals surface area contributed by atoms with E-state index in [-0.39, 0.29) is 24.3 Å². The van der Waals surface area contributed by atoms with Crippen LogP contribution in [0.3, 0.4) is 0 Å². The molecule has 182 valence electrons. The van der Waals surface area contributed by atoms with Crippen LogP contribution in [0.5, 0.6) is 11.5 Å². The van der Waals surface area contributed by atoms with Crippen LogP contribution in [0.15, 0.2) is 78.9 Å². The molecule has 3 atom stereocenters. The number of hydrogen-bond donors (Lipinski definition) is 0. The van der Waals surface area contributed by atoms with Gasteiger partial charge < -0.3 is 23.7 Å². The van der Waals surface area contributed by atoms with E-state index in [9.17, 15) is 0 Å². The highest BCUT2D eigenvalue weighted by molar-refractivity contribution is 6.11. The number of rotatable bonds is 10. The van der Waals surface area contributed by atoms with Crippen molar-refractivity contribution in [1.82, 2.24) is 0 Å². The molecule has 0 amide bonds. The van der Waals surface area contributed by atoms with Crippen molar-refractivity contribution in [3.8, 4) is 11.5 Å². The van der Waals surface area contributed by atoms with E-state index >= 15 is 0 Å². The van der Waals surface area contributed by atoms with Crippen LogP contribution in [0, 0.1) is 0 Å². The summed E-state index contributed by atoms with van der Waals surface area (Å²) in [6.07, 6.45) is 0.283. The summed E-state index contributed by atoms with van der Waals surface area (Å²) in [7, 11) is 9.47. The van der Waals surface area contributed by atoms with Crippen molar-refractivity contribution < 1.29 is 23.7 Å². The zero-order valence-electron chi connectivity index (χ0n) is 20.8. The van der Waals surface area contributed by atoms with E-state index in [1.165, 1.54) is 0 Å². The lowest BCUT2D eigenvalue weighted by atomic mass is 9.80. The highest BCUT2D eigenvalue weighted by Gasteiger charge is 2.41. The molecule has 4 rings (SSSR count). The van der Waals surface area contributed by atoms with Gasteiger partial charge in [-0.3, -0.25) is 0 Å². The van der Waals surface area contributed by atoms with Gasteiger partial charge in [0.25, 0.3) is 0 Å². The largest absolute Gasteiger partial charge is 0.497 e. The molecule has 0 bridgehead atoms. The van der Waals surface area contributed by atoms with Gasteiger partial charge >= 0.3 is 0 Å². The Morgan fingerprint density at radius 1 is 0.829 bits per heavy atom. The second kappa shape index (κ2) is 11.3. The Labute approximate surface area is 209 Å². The smallest absolute Gasteiger partial charge is 0.143 e. The first-order chi connectivity index (χ1) is 17.0. The van der Waals surface area contributed by atoms with E-state index in [4.69, 9.17) is 31.5 Å². The van der Waals surface area contributed by atoms with Gasteiger partial charge in [-0.25, -0.2) is 0 Å². The first-order valence-electron chi connectivity index (χ1n) is 12.0. The van der Waals surface area contributed by atoms with Crippen molar-refractivity contribution >= 4 is 7.85 Å². The average Bonchev–Trinajstić information content (AvgIpc) is 3.23. The van der Waals surface area contributed by atoms with E-state index in [1.54, 1.807) is 14.2 Å². The lowest BCUT2D eigenvalue weighted by molar-refractivity contribution is -0.0977. The fraction of sp³-hybridized carbons (Fsp3) is 0.379. The molecule has 0 aliphatic carbocycles. The van der Waals surface area contributed by atoms with Crippen LogP contribution in [-0.2, 0) is 19.8 Å². The second-order valence-electron chi connectivity index (χ2n) is 8.99. The van der Waals surface area contributed by atoms with Crippen molar-refractivity contribution in [1.29, 1.82) is 0 Å². The van der Waals surface area contributed by atoms with E-state index in [2.05, 4.69) is 12.1 Å². The molecule has 0 aromatic heterocycles. The average molecular weight is 472 g/mol. The van der Waals surface area contributed by atoms with Gasteiger partial charge in [-0.2, -0.15) is 0 Å². The zero-order valence-corrected chi connectivity index (χ0v) is 20.8. The summed E-state index contributed by atoms with van der Waals surface area (Å²) in [6.45, 7) is 4.34. The Hall–Kier alpha value is -2.80. The monoisotopic (exact) mass is 472 g/mol. The van der Waals surface area contributed by atoms with Gasteiger partial charge in [0.2, 0.25) is 0 Å². The van der Waals surface area contributed by atoms with Crippen LogP contribution < -0.4 is 9.47 Å². The second-order valence-corrected chi connectivity index (χ2v) is 8.99. The minimum Gasteiger partial charge on any atom is -0.497 e. The summed E-state index contributed by atoms with van der Waals surface area (Å²) in [6, 6.07) is 25.8. The summed E-state index contributed by atoms with van der Waals surface area (Å²) >= 11 is 0. The van der Waals surface area contributed by atoms with E-state index in [0.29, 0.717) is 13.0 Å². The van der Waals surface area contributed by atoms with Gasteiger partial charge in [-0.05, 0) is 61.2 Å². The van der Waals surface area contributed by atoms with Gasteiger partial charge in [0.15, 0.2) is 0 Å². The SMILES string of the molecule is [B][C@H]1CC(OC(C)C)[C@@H](COC(c2ccccc2)(c2ccc(OC)cc2)c2ccc(OC)cc2)O1. The van der Waals surface area contributed by atoms with Crippen molar-refractivity contribution in [2.24, 2.45) is 0 Å². The van der Waals surface area contributed by atoms with Gasteiger partial charge in [-0.15, -0.1) is 0 Å². The van der Waals surface area contributed by atoms with E-state index < -0.39 is 5.60 Å². The van der Waals surface area contributed by atoms with E-state index in [0.717, 1.165) is 28.2 Å². The predicted octanol–water partition coefficient (Wildman–Crippen LogP) is 5.09. The Morgan fingerprint density at radius 2 is 1.34 bits per heavy atom. The molecule has 1 heterocycles. The molecular weight excluding hydrogens is 439 g/mol. The third-order valence-electron chi connectivity index (χ3n) is 6.31. The molecule has 3 aromatic carbocycles. The molecule has 2 radical (unpaired) electrons. The summed E-state index contributed by atoms with van der Waals surface area (Å²) < 4.78 is 29.9. The van der Waals surface area contributed by atoms with Crippen LogP contribution in [0.25, 0.3) is 0 Å².